The van der Waals surface area contributed by atoms with Gasteiger partial charge < -0.3 is 4.74 Å². The minimum absolute atomic E-state index is 0.0433. The minimum atomic E-state index is -4.60. The molecule has 0 bridgehead atoms. The normalized spacial score (nSPS) is 12.6. The van der Waals surface area contributed by atoms with Crippen LogP contribution in [0.15, 0.2) is 41.1 Å². The Morgan fingerprint density at radius 2 is 1.87 bits per heavy atom. The maximum absolute atomic E-state index is 12.7. The number of aromatic nitrogens is 4. The molecule has 0 aliphatic heterocycles. The van der Waals surface area contributed by atoms with E-state index in [9.17, 15) is 26.4 Å². The third kappa shape index (κ3) is 5.38. The van der Waals surface area contributed by atoms with E-state index in [-0.39, 0.29) is 21.3 Å². The smallest absolute Gasteiger partial charge is 0.433 e. The van der Waals surface area contributed by atoms with Crippen molar-refractivity contribution in [3.05, 3.63) is 47.6 Å². The van der Waals surface area contributed by atoms with Crippen LogP contribution in [0.3, 0.4) is 0 Å². The highest BCUT2D eigenvalue weighted by Gasteiger charge is 2.32. The first-order chi connectivity index (χ1) is 14.3. The number of nitrogens with zero attached hydrogens (tertiary/aromatic N) is 4. The van der Waals surface area contributed by atoms with Gasteiger partial charge in [0.2, 0.25) is 0 Å². The van der Waals surface area contributed by atoms with Crippen LogP contribution in [0, 0.1) is 0 Å². The molecule has 0 fully saturated rings. The van der Waals surface area contributed by atoms with Crippen molar-refractivity contribution in [3.63, 3.8) is 0 Å². The van der Waals surface area contributed by atoms with Crippen LogP contribution in [0.25, 0.3) is 5.69 Å². The van der Waals surface area contributed by atoms with Crippen LogP contribution in [0.4, 0.5) is 18.2 Å². The van der Waals surface area contributed by atoms with Crippen LogP contribution in [-0.4, -0.2) is 39.7 Å². The summed E-state index contributed by atoms with van der Waals surface area (Å²) in [6, 6.07) is 1.87. The Kier molecular flexibility index (Phi) is 5.80. The molecule has 0 atom stereocenters. The maximum Gasteiger partial charge on any atom is 0.433 e. The molecule has 3 rings (SSSR count). The van der Waals surface area contributed by atoms with Crippen molar-refractivity contribution in [3.8, 4) is 5.69 Å². The molecule has 0 radical (unpaired) electrons. The summed E-state index contributed by atoms with van der Waals surface area (Å²) < 4.78 is 71.8. The van der Waals surface area contributed by atoms with Crippen molar-refractivity contribution in [2.24, 2.45) is 0 Å². The van der Waals surface area contributed by atoms with Crippen molar-refractivity contribution in [2.45, 2.75) is 37.4 Å². The first-order valence-corrected chi connectivity index (χ1v) is 10.9. The molecule has 166 valence electrons. The molecule has 31 heavy (non-hydrogen) atoms. The number of carbonyl (C=O) groups is 1. The molecule has 3 aromatic heterocycles. The first-order valence-electron chi connectivity index (χ1n) is 8.54. The van der Waals surface area contributed by atoms with E-state index in [0.29, 0.717) is 0 Å². The highest BCUT2D eigenvalue weighted by Crippen LogP contribution is 2.28. The fourth-order valence-corrected chi connectivity index (χ4v) is 4.16. The van der Waals surface area contributed by atoms with E-state index in [0.717, 1.165) is 46.7 Å². The number of alkyl halides is 3. The summed E-state index contributed by atoms with van der Waals surface area (Å²) >= 11 is 0.887. The van der Waals surface area contributed by atoms with Crippen LogP contribution in [0.2, 0.25) is 0 Å². The number of anilines is 1. The van der Waals surface area contributed by atoms with Gasteiger partial charge in [-0.3, -0.25) is 4.72 Å². The van der Waals surface area contributed by atoms with Crippen LogP contribution in [0.5, 0.6) is 0 Å². The third-order valence-electron chi connectivity index (χ3n) is 3.56. The average Bonchev–Trinajstić information content (AvgIpc) is 3.29. The lowest BCUT2D eigenvalue weighted by Crippen LogP contribution is -2.25. The van der Waals surface area contributed by atoms with Crippen molar-refractivity contribution < 1.29 is 31.1 Å². The summed E-state index contributed by atoms with van der Waals surface area (Å²) in [7, 11) is -4.17. The molecular weight excluding hydrogens is 459 g/mol. The highest BCUT2D eigenvalue weighted by molar-refractivity contribution is 7.93. The van der Waals surface area contributed by atoms with Gasteiger partial charge in [0, 0.05) is 0 Å². The fraction of sp³-hybridized carbons (Fsp3) is 0.294. The van der Waals surface area contributed by atoms with E-state index in [4.69, 9.17) is 4.74 Å². The van der Waals surface area contributed by atoms with E-state index < -0.39 is 33.5 Å². The Morgan fingerprint density at radius 3 is 2.45 bits per heavy atom. The molecule has 0 unspecified atom stereocenters. The number of halogens is 3. The zero-order chi connectivity index (χ0) is 23.0. The Balaban J connectivity index is 1.82. The predicted molar refractivity (Wildman–Crippen MR) is 104 cm³/mol. The largest absolute Gasteiger partial charge is 0.455 e. The standard InChI is InChI=1S/C17H16F3N5O4S2/c1-16(2,3)29-15(26)13-14(30-9-22-13)24-31(27,28)11-7-23-25(8-11)10-4-5-12(21-6-10)17(18,19)20/h4-9,24H,1-3H3. The molecule has 3 heterocycles. The number of hydrogen-bond donors (Lipinski definition) is 1. The van der Waals surface area contributed by atoms with E-state index in [2.05, 4.69) is 19.8 Å². The molecule has 0 aliphatic rings. The quantitative estimate of drug-likeness (QED) is 0.562. The van der Waals surface area contributed by atoms with Gasteiger partial charge in [0.1, 0.15) is 21.2 Å². The van der Waals surface area contributed by atoms with E-state index >= 15 is 0 Å². The van der Waals surface area contributed by atoms with Gasteiger partial charge >= 0.3 is 12.1 Å². The number of hydrogen-bond acceptors (Lipinski definition) is 8. The second kappa shape index (κ2) is 7.92. The summed E-state index contributed by atoms with van der Waals surface area (Å²) in [5.41, 5.74) is -0.662. The van der Waals surface area contributed by atoms with Gasteiger partial charge in [0.15, 0.2) is 5.69 Å². The Labute approximate surface area is 179 Å². The van der Waals surface area contributed by atoms with Crippen LogP contribution >= 0.6 is 11.3 Å². The van der Waals surface area contributed by atoms with Gasteiger partial charge in [-0.2, -0.15) is 18.3 Å². The number of pyridine rings is 1. The SMILES string of the molecule is CC(C)(C)OC(=O)c1ncsc1NS(=O)(=O)c1cnn(-c2ccc(C(F)(F)F)nc2)c1. The van der Waals surface area contributed by atoms with Crippen LogP contribution in [0.1, 0.15) is 37.0 Å². The van der Waals surface area contributed by atoms with Gasteiger partial charge in [0.05, 0.1) is 29.8 Å². The van der Waals surface area contributed by atoms with E-state index in [1.165, 1.54) is 5.51 Å². The summed E-state index contributed by atoms with van der Waals surface area (Å²) in [5, 5.41) is 3.81. The summed E-state index contributed by atoms with van der Waals surface area (Å²) in [6.45, 7) is 4.98. The number of esters is 1. The summed E-state index contributed by atoms with van der Waals surface area (Å²) in [4.78, 5) is 19.1. The van der Waals surface area contributed by atoms with Gasteiger partial charge in [-0.15, -0.1) is 11.3 Å². The number of ether oxygens (including phenoxy) is 1. The molecule has 1 N–H and O–H groups in total. The summed E-state index contributed by atoms with van der Waals surface area (Å²) in [5.74, 6) is -0.794. The van der Waals surface area contributed by atoms with Crippen molar-refractivity contribution in [1.82, 2.24) is 19.7 Å². The van der Waals surface area contributed by atoms with Gasteiger partial charge in [-0.05, 0) is 32.9 Å². The molecule has 9 nitrogen and oxygen atoms in total. The van der Waals surface area contributed by atoms with Gasteiger partial charge in [-0.25, -0.2) is 27.9 Å². The summed E-state index contributed by atoms with van der Waals surface area (Å²) in [6.07, 6.45) is -1.57. The Bertz CT molecular complexity index is 1200. The molecule has 0 aromatic carbocycles. The van der Waals surface area contributed by atoms with Crippen LogP contribution < -0.4 is 4.72 Å². The number of rotatable bonds is 5. The van der Waals surface area contributed by atoms with E-state index in [1.807, 2.05) is 0 Å². The molecular formula is C17H16F3N5O4S2. The zero-order valence-corrected chi connectivity index (χ0v) is 18.0. The van der Waals surface area contributed by atoms with Crippen LogP contribution in [-0.2, 0) is 20.9 Å². The number of sulfonamides is 1. The van der Waals surface area contributed by atoms with Crippen molar-refractivity contribution in [2.75, 3.05) is 4.72 Å². The maximum atomic E-state index is 12.7. The molecule has 0 amide bonds. The Hall–Kier alpha value is -3.00. The lowest BCUT2D eigenvalue weighted by molar-refractivity contribution is -0.141. The second-order valence-electron chi connectivity index (χ2n) is 7.16. The monoisotopic (exact) mass is 475 g/mol. The number of thiazole rings is 1. The Morgan fingerprint density at radius 1 is 1.16 bits per heavy atom. The van der Waals surface area contributed by atoms with Crippen molar-refractivity contribution in [1.29, 1.82) is 0 Å². The second-order valence-corrected chi connectivity index (χ2v) is 9.69. The molecule has 0 spiro atoms. The van der Waals surface area contributed by atoms with E-state index in [1.54, 1.807) is 20.8 Å². The number of carbonyl (C=O) groups excluding carboxylic acids is 1. The third-order valence-corrected chi connectivity index (χ3v) is 5.73. The topological polar surface area (TPSA) is 116 Å². The lowest BCUT2D eigenvalue weighted by atomic mass is 10.2. The van der Waals surface area contributed by atoms with Gasteiger partial charge in [-0.1, -0.05) is 0 Å². The molecule has 0 saturated carbocycles. The fourth-order valence-electron chi connectivity index (χ4n) is 2.25. The first kappa shape index (κ1) is 22.7. The number of nitrogens with one attached hydrogen (secondary N) is 1. The minimum Gasteiger partial charge on any atom is -0.455 e. The average molecular weight is 475 g/mol. The highest BCUT2D eigenvalue weighted by atomic mass is 32.2. The zero-order valence-electron chi connectivity index (χ0n) is 16.3. The molecule has 14 heteroatoms. The molecule has 0 aliphatic carbocycles. The molecule has 0 saturated heterocycles. The lowest BCUT2D eigenvalue weighted by Gasteiger charge is -2.19. The van der Waals surface area contributed by atoms with Gasteiger partial charge in [0.25, 0.3) is 10.0 Å². The predicted octanol–water partition coefficient (Wildman–Crippen LogP) is 3.50. The molecule has 3 aromatic rings. The van der Waals surface area contributed by atoms with Crippen molar-refractivity contribution >= 4 is 32.3 Å².